The fourth-order valence-electron chi connectivity index (χ4n) is 5.44. The molecule has 0 aromatic heterocycles. The Morgan fingerprint density at radius 2 is 2.17 bits per heavy atom. The van der Waals surface area contributed by atoms with Gasteiger partial charge in [-0.15, -0.1) is 0 Å². The third-order valence-electron chi connectivity index (χ3n) is 6.52. The molecule has 0 N–H and O–H groups in total. The van der Waals surface area contributed by atoms with Crippen molar-refractivity contribution in [3.05, 3.63) is 29.3 Å². The second-order valence-corrected chi connectivity index (χ2v) is 7.18. The van der Waals surface area contributed by atoms with Crippen LogP contribution in [0, 0.1) is 11.5 Å². The predicted molar refractivity (Wildman–Crippen MR) is 87.7 cm³/mol. The number of ether oxygens (including phenoxy) is 2. The molecule has 126 valence electrons. The van der Waals surface area contributed by atoms with Gasteiger partial charge < -0.3 is 14.4 Å². The van der Waals surface area contributed by atoms with E-state index in [1.54, 1.807) is 14.2 Å². The molecule has 1 aromatic carbocycles. The van der Waals surface area contributed by atoms with E-state index in [1.165, 1.54) is 11.1 Å². The van der Waals surface area contributed by atoms with Crippen LogP contribution < -0.4 is 4.74 Å². The van der Waals surface area contributed by atoms with Gasteiger partial charge in [-0.2, -0.15) is 5.26 Å². The summed E-state index contributed by atoms with van der Waals surface area (Å²) in [6.45, 7) is 0.677. The van der Waals surface area contributed by atoms with Gasteiger partial charge in [0.15, 0.2) is 6.19 Å². The number of piperidine rings is 1. The molecule has 2 aliphatic carbocycles. The first-order valence-electron chi connectivity index (χ1n) is 8.51. The standard InChI is InChI=1S/C19H22N2O3/c1-23-15-4-3-13-9-17-19(24-2)6-5-14(22)11-18(19,16(13)10-15)7-8-21(17)12-20/h3-4,10,17H,5-9,11H2,1-2H3/t17-,18-,19+/m1/s1. The number of fused-ring (bicyclic) bond motifs is 1. The average Bonchev–Trinajstić information content (AvgIpc) is 2.61. The highest BCUT2D eigenvalue weighted by Gasteiger charge is 2.66. The van der Waals surface area contributed by atoms with Gasteiger partial charge in [0, 0.05) is 31.9 Å². The maximum atomic E-state index is 12.4. The fraction of sp³-hybridized carbons (Fsp3) is 0.579. The molecule has 5 nitrogen and oxygen atoms in total. The predicted octanol–water partition coefficient (Wildman–Crippen LogP) is 2.18. The van der Waals surface area contributed by atoms with Crippen LogP contribution in [0.25, 0.3) is 0 Å². The second-order valence-electron chi connectivity index (χ2n) is 7.18. The van der Waals surface area contributed by atoms with Gasteiger partial charge in [-0.05, 0) is 42.5 Å². The number of ketones is 1. The summed E-state index contributed by atoms with van der Waals surface area (Å²) in [4.78, 5) is 14.3. The normalized spacial score (nSPS) is 34.1. The van der Waals surface area contributed by atoms with Crippen molar-refractivity contribution in [2.75, 3.05) is 20.8 Å². The summed E-state index contributed by atoms with van der Waals surface area (Å²) in [7, 11) is 3.41. The van der Waals surface area contributed by atoms with Crippen molar-refractivity contribution in [3.8, 4) is 11.9 Å². The van der Waals surface area contributed by atoms with Crippen LogP contribution in [0.2, 0.25) is 0 Å². The number of methoxy groups -OCH3 is 2. The van der Waals surface area contributed by atoms with Crippen LogP contribution in [-0.4, -0.2) is 43.1 Å². The topological polar surface area (TPSA) is 62.6 Å². The lowest BCUT2D eigenvalue weighted by Crippen LogP contribution is -2.73. The monoisotopic (exact) mass is 326 g/mol. The first kappa shape index (κ1) is 15.5. The highest BCUT2D eigenvalue weighted by Crippen LogP contribution is 2.59. The molecule has 1 saturated heterocycles. The minimum atomic E-state index is -0.478. The van der Waals surface area contributed by atoms with Crippen LogP contribution in [-0.2, 0) is 21.4 Å². The minimum Gasteiger partial charge on any atom is -0.497 e. The quantitative estimate of drug-likeness (QED) is 0.780. The molecule has 1 aliphatic heterocycles. The molecule has 0 radical (unpaired) electrons. The summed E-state index contributed by atoms with van der Waals surface area (Å²) in [6.07, 6.45) is 5.60. The summed E-state index contributed by atoms with van der Waals surface area (Å²) in [6, 6.07) is 6.13. The third kappa shape index (κ3) is 1.75. The van der Waals surface area contributed by atoms with Crippen molar-refractivity contribution in [3.63, 3.8) is 0 Å². The van der Waals surface area contributed by atoms with Crippen LogP contribution in [0.15, 0.2) is 18.2 Å². The zero-order valence-electron chi connectivity index (χ0n) is 14.2. The van der Waals surface area contributed by atoms with E-state index in [0.717, 1.165) is 18.6 Å². The Morgan fingerprint density at radius 1 is 1.33 bits per heavy atom. The Balaban J connectivity index is 1.98. The molecular weight excluding hydrogens is 304 g/mol. The zero-order valence-corrected chi connectivity index (χ0v) is 14.2. The summed E-state index contributed by atoms with van der Waals surface area (Å²) < 4.78 is 11.6. The minimum absolute atomic E-state index is 0.00440. The summed E-state index contributed by atoms with van der Waals surface area (Å²) in [5.74, 6) is 1.11. The third-order valence-corrected chi connectivity index (χ3v) is 6.52. The number of Topliss-reactive ketones (excluding diaryl/α,β-unsaturated/α-hetero) is 1. The van der Waals surface area contributed by atoms with E-state index in [1.807, 2.05) is 11.0 Å². The number of nitriles is 1. The Hall–Kier alpha value is -2.06. The molecule has 1 saturated carbocycles. The van der Waals surface area contributed by atoms with Crippen LogP contribution >= 0.6 is 0 Å². The first-order chi connectivity index (χ1) is 11.6. The highest BCUT2D eigenvalue weighted by atomic mass is 16.5. The van der Waals surface area contributed by atoms with Crippen LogP contribution in [0.1, 0.15) is 36.8 Å². The molecule has 0 spiro atoms. The molecule has 0 amide bonds. The Labute approximate surface area is 142 Å². The van der Waals surface area contributed by atoms with Crippen molar-refractivity contribution in [1.29, 1.82) is 5.26 Å². The van der Waals surface area contributed by atoms with E-state index in [9.17, 15) is 10.1 Å². The van der Waals surface area contributed by atoms with Gasteiger partial charge in [0.05, 0.1) is 18.8 Å². The molecule has 0 unspecified atom stereocenters. The van der Waals surface area contributed by atoms with Gasteiger partial charge in [-0.1, -0.05) is 6.07 Å². The van der Waals surface area contributed by atoms with E-state index < -0.39 is 5.60 Å². The lowest BCUT2D eigenvalue weighted by atomic mass is 9.49. The van der Waals surface area contributed by atoms with Crippen LogP contribution in [0.3, 0.4) is 0 Å². The molecule has 1 aromatic rings. The van der Waals surface area contributed by atoms with Gasteiger partial charge in [0.25, 0.3) is 0 Å². The summed E-state index contributed by atoms with van der Waals surface area (Å²) in [5.41, 5.74) is 1.57. The molecule has 3 aliphatic rings. The van der Waals surface area contributed by atoms with E-state index >= 15 is 0 Å². The number of likely N-dealkylation sites (tertiary alicyclic amines) is 1. The number of rotatable bonds is 2. The SMILES string of the molecule is COc1ccc2c(c1)[C@]13CCN(C#N)[C@H](C2)[C@@]1(OC)CCC(=O)C3. The lowest BCUT2D eigenvalue weighted by Gasteiger charge is -2.63. The van der Waals surface area contributed by atoms with Gasteiger partial charge in [-0.25, -0.2) is 0 Å². The maximum absolute atomic E-state index is 12.4. The number of carbonyl (C=O) groups is 1. The number of benzene rings is 1. The number of hydrogen-bond acceptors (Lipinski definition) is 5. The lowest BCUT2D eigenvalue weighted by molar-refractivity contribution is -0.178. The van der Waals surface area contributed by atoms with Crippen LogP contribution in [0.4, 0.5) is 0 Å². The average molecular weight is 326 g/mol. The maximum Gasteiger partial charge on any atom is 0.179 e. The largest absolute Gasteiger partial charge is 0.497 e. The number of carbonyl (C=O) groups excluding carboxylic acids is 1. The molecule has 5 heteroatoms. The molecule has 1 heterocycles. The summed E-state index contributed by atoms with van der Waals surface area (Å²) in [5, 5.41) is 9.62. The van der Waals surface area contributed by atoms with Crippen molar-refractivity contribution in [2.24, 2.45) is 0 Å². The van der Waals surface area contributed by atoms with E-state index in [2.05, 4.69) is 18.3 Å². The number of hydrogen-bond donors (Lipinski definition) is 0. The molecule has 2 bridgehead atoms. The van der Waals surface area contributed by atoms with Gasteiger partial charge >= 0.3 is 0 Å². The van der Waals surface area contributed by atoms with Crippen LogP contribution in [0.5, 0.6) is 5.75 Å². The van der Waals surface area contributed by atoms with Gasteiger partial charge in [0.2, 0.25) is 0 Å². The van der Waals surface area contributed by atoms with Crippen molar-refractivity contribution >= 4 is 5.78 Å². The molecular formula is C19H22N2O3. The van der Waals surface area contributed by atoms with Gasteiger partial charge in [0.1, 0.15) is 11.5 Å². The van der Waals surface area contributed by atoms with Crippen molar-refractivity contribution in [2.45, 2.75) is 49.2 Å². The highest BCUT2D eigenvalue weighted by molar-refractivity contribution is 5.82. The fourth-order valence-corrected chi connectivity index (χ4v) is 5.44. The Bertz CT molecular complexity index is 741. The van der Waals surface area contributed by atoms with E-state index in [4.69, 9.17) is 9.47 Å². The first-order valence-corrected chi connectivity index (χ1v) is 8.51. The van der Waals surface area contributed by atoms with Crippen molar-refractivity contribution < 1.29 is 14.3 Å². The Kier molecular flexibility index (Phi) is 3.36. The second kappa shape index (κ2) is 5.22. The number of nitrogens with zero attached hydrogens (tertiary/aromatic N) is 2. The Morgan fingerprint density at radius 3 is 2.88 bits per heavy atom. The molecule has 3 atom stereocenters. The summed E-state index contributed by atoms with van der Waals surface area (Å²) >= 11 is 0. The molecule has 4 rings (SSSR count). The van der Waals surface area contributed by atoms with E-state index in [0.29, 0.717) is 31.6 Å². The molecule has 24 heavy (non-hydrogen) atoms. The smallest absolute Gasteiger partial charge is 0.179 e. The van der Waals surface area contributed by atoms with Crippen molar-refractivity contribution in [1.82, 2.24) is 4.90 Å². The zero-order chi connectivity index (χ0) is 16.9. The molecule has 2 fully saturated rings. The van der Waals surface area contributed by atoms with E-state index in [-0.39, 0.29) is 11.5 Å². The van der Waals surface area contributed by atoms with Gasteiger partial charge in [-0.3, -0.25) is 4.79 Å².